The zero-order chi connectivity index (χ0) is 14.3. The van der Waals surface area contributed by atoms with Crippen molar-refractivity contribution in [1.29, 1.82) is 0 Å². The Labute approximate surface area is 120 Å². The number of sulfonamides is 1. The van der Waals surface area contributed by atoms with Crippen molar-refractivity contribution in [3.05, 3.63) is 23.8 Å². The molecule has 0 amide bonds. The second-order valence-electron chi connectivity index (χ2n) is 5.89. The quantitative estimate of drug-likeness (QED) is 0.814. The van der Waals surface area contributed by atoms with Crippen LogP contribution in [0.1, 0.15) is 18.4 Å². The third kappa shape index (κ3) is 2.55. The van der Waals surface area contributed by atoms with E-state index in [1.54, 1.807) is 25.1 Å². The lowest BCUT2D eigenvalue weighted by Crippen LogP contribution is -2.57. The van der Waals surface area contributed by atoms with Gasteiger partial charge in [-0.2, -0.15) is 0 Å². The van der Waals surface area contributed by atoms with E-state index < -0.39 is 10.0 Å². The van der Waals surface area contributed by atoms with Gasteiger partial charge in [-0.25, -0.2) is 13.1 Å². The van der Waals surface area contributed by atoms with Crippen molar-refractivity contribution in [3.8, 4) is 0 Å². The third-order valence-electron chi connectivity index (χ3n) is 4.46. The highest BCUT2D eigenvalue weighted by Crippen LogP contribution is 2.29. The second kappa shape index (κ2) is 5.02. The fourth-order valence-corrected chi connectivity index (χ4v) is 4.84. The lowest BCUT2D eigenvalue weighted by Gasteiger charge is -2.44. The number of piperidine rings is 3. The Balaban J connectivity index is 1.84. The summed E-state index contributed by atoms with van der Waals surface area (Å²) in [5.41, 5.74) is 6.92. The summed E-state index contributed by atoms with van der Waals surface area (Å²) >= 11 is 0. The molecular weight excluding hydrogens is 274 g/mol. The van der Waals surface area contributed by atoms with Gasteiger partial charge < -0.3 is 10.6 Å². The molecule has 3 fully saturated rings. The van der Waals surface area contributed by atoms with Gasteiger partial charge in [0.05, 0.1) is 4.90 Å². The summed E-state index contributed by atoms with van der Waals surface area (Å²) in [5.74, 6) is 0.469. The van der Waals surface area contributed by atoms with Crippen LogP contribution >= 0.6 is 0 Å². The maximum Gasteiger partial charge on any atom is 0.241 e. The lowest BCUT2D eigenvalue weighted by atomic mass is 9.85. The van der Waals surface area contributed by atoms with E-state index in [9.17, 15) is 8.42 Å². The van der Waals surface area contributed by atoms with E-state index in [2.05, 4.69) is 9.62 Å². The molecule has 3 N–H and O–H groups in total. The molecule has 0 aliphatic carbocycles. The van der Waals surface area contributed by atoms with Gasteiger partial charge in [0.25, 0.3) is 0 Å². The van der Waals surface area contributed by atoms with Gasteiger partial charge in [-0.1, -0.05) is 6.07 Å². The predicted octanol–water partition coefficient (Wildman–Crippen LogP) is 0.950. The Bertz CT molecular complexity index is 607. The molecule has 3 heterocycles. The van der Waals surface area contributed by atoms with E-state index >= 15 is 0 Å². The minimum atomic E-state index is -3.49. The number of anilines is 1. The first kappa shape index (κ1) is 13.9. The van der Waals surface area contributed by atoms with Crippen LogP contribution < -0.4 is 10.5 Å². The number of hydrogen-bond acceptors (Lipinski definition) is 4. The molecule has 0 spiro atoms. The number of rotatable bonds is 3. The summed E-state index contributed by atoms with van der Waals surface area (Å²) < 4.78 is 28.0. The Morgan fingerprint density at radius 1 is 1.30 bits per heavy atom. The monoisotopic (exact) mass is 295 g/mol. The summed E-state index contributed by atoms with van der Waals surface area (Å²) in [7, 11) is -3.49. The van der Waals surface area contributed by atoms with Gasteiger partial charge in [-0.05, 0) is 56.5 Å². The summed E-state index contributed by atoms with van der Waals surface area (Å²) in [5, 5.41) is 0. The topological polar surface area (TPSA) is 75.4 Å². The fourth-order valence-electron chi connectivity index (χ4n) is 3.27. The Kier molecular flexibility index (Phi) is 3.48. The zero-order valence-electron chi connectivity index (χ0n) is 11.7. The lowest BCUT2D eigenvalue weighted by molar-refractivity contribution is 0.0827. The Morgan fingerprint density at radius 2 is 2.00 bits per heavy atom. The Morgan fingerprint density at radius 3 is 2.60 bits per heavy atom. The largest absolute Gasteiger partial charge is 0.399 e. The van der Waals surface area contributed by atoms with E-state index in [0.717, 1.165) is 38.0 Å². The van der Waals surface area contributed by atoms with E-state index in [4.69, 9.17) is 5.73 Å². The SMILES string of the molecule is Cc1ccc(N)cc1S(=O)(=O)NC1CN2CCC1CC2. The van der Waals surface area contributed by atoms with Crippen LogP contribution in [0.25, 0.3) is 0 Å². The van der Waals surface area contributed by atoms with Crippen molar-refractivity contribution in [3.63, 3.8) is 0 Å². The average molecular weight is 295 g/mol. The van der Waals surface area contributed by atoms with Crippen LogP contribution in [0.3, 0.4) is 0 Å². The maximum absolute atomic E-state index is 12.6. The number of nitrogens with zero attached hydrogens (tertiary/aromatic N) is 1. The van der Waals surface area contributed by atoms with Gasteiger partial charge in [0.2, 0.25) is 10.0 Å². The van der Waals surface area contributed by atoms with Gasteiger partial charge in [0.1, 0.15) is 0 Å². The third-order valence-corrected chi connectivity index (χ3v) is 6.10. The van der Waals surface area contributed by atoms with Gasteiger partial charge in [-0.15, -0.1) is 0 Å². The van der Waals surface area contributed by atoms with Crippen molar-refractivity contribution >= 4 is 15.7 Å². The standard InChI is InChI=1S/C14H21N3O2S/c1-10-2-3-12(15)8-14(10)20(18,19)16-13-9-17-6-4-11(13)5-7-17/h2-3,8,11,13,16H,4-7,9,15H2,1H3. The Hall–Kier alpha value is -1.11. The molecule has 0 saturated carbocycles. The first-order valence-corrected chi connectivity index (χ1v) is 8.55. The molecule has 0 aromatic heterocycles. The number of fused-ring (bicyclic) bond motifs is 3. The highest BCUT2D eigenvalue weighted by atomic mass is 32.2. The molecule has 1 aromatic carbocycles. The van der Waals surface area contributed by atoms with Gasteiger partial charge in [-0.3, -0.25) is 0 Å². The van der Waals surface area contributed by atoms with Crippen LogP contribution in [0.5, 0.6) is 0 Å². The summed E-state index contributed by atoms with van der Waals surface area (Å²) in [6.07, 6.45) is 2.17. The van der Waals surface area contributed by atoms with Crippen molar-refractivity contribution in [1.82, 2.24) is 9.62 Å². The molecule has 3 aliphatic rings. The highest BCUT2D eigenvalue weighted by molar-refractivity contribution is 7.89. The van der Waals surface area contributed by atoms with Crippen LogP contribution in [0.2, 0.25) is 0 Å². The molecule has 2 bridgehead atoms. The summed E-state index contributed by atoms with van der Waals surface area (Å²) in [4.78, 5) is 2.63. The normalized spacial score (nSPS) is 29.6. The van der Waals surface area contributed by atoms with Gasteiger partial charge in [0, 0.05) is 18.3 Å². The van der Waals surface area contributed by atoms with Crippen LogP contribution in [-0.4, -0.2) is 39.0 Å². The van der Waals surface area contributed by atoms with Crippen LogP contribution in [-0.2, 0) is 10.0 Å². The zero-order valence-corrected chi connectivity index (χ0v) is 12.5. The molecule has 1 unspecified atom stereocenters. The highest BCUT2D eigenvalue weighted by Gasteiger charge is 2.36. The van der Waals surface area contributed by atoms with Crippen molar-refractivity contribution in [2.45, 2.75) is 30.7 Å². The molecule has 3 aliphatic heterocycles. The molecule has 0 radical (unpaired) electrons. The number of nitrogens with two attached hydrogens (primary N) is 1. The van der Waals surface area contributed by atoms with Crippen molar-refractivity contribution < 1.29 is 8.42 Å². The molecule has 1 atom stereocenters. The number of nitrogen functional groups attached to an aromatic ring is 1. The van der Waals surface area contributed by atoms with Gasteiger partial charge in [0.15, 0.2) is 0 Å². The van der Waals surface area contributed by atoms with E-state index in [-0.39, 0.29) is 6.04 Å². The summed E-state index contributed by atoms with van der Waals surface area (Å²) in [6, 6.07) is 5.05. The molecule has 6 heteroatoms. The smallest absolute Gasteiger partial charge is 0.241 e. The first-order chi connectivity index (χ1) is 9.45. The predicted molar refractivity (Wildman–Crippen MR) is 78.9 cm³/mol. The van der Waals surface area contributed by atoms with Crippen molar-refractivity contribution in [2.75, 3.05) is 25.4 Å². The molecule has 4 rings (SSSR count). The minimum Gasteiger partial charge on any atom is -0.399 e. The van der Waals surface area contributed by atoms with E-state index in [0.29, 0.717) is 16.5 Å². The number of benzene rings is 1. The van der Waals surface area contributed by atoms with Crippen LogP contribution in [0.4, 0.5) is 5.69 Å². The maximum atomic E-state index is 12.6. The number of hydrogen-bond donors (Lipinski definition) is 2. The van der Waals surface area contributed by atoms with Crippen molar-refractivity contribution in [2.24, 2.45) is 5.92 Å². The van der Waals surface area contributed by atoms with Crippen LogP contribution in [0, 0.1) is 12.8 Å². The van der Waals surface area contributed by atoms with Gasteiger partial charge >= 0.3 is 0 Å². The molecule has 3 saturated heterocycles. The molecule has 20 heavy (non-hydrogen) atoms. The average Bonchev–Trinajstić information content (AvgIpc) is 2.42. The first-order valence-electron chi connectivity index (χ1n) is 7.06. The molecule has 5 nitrogen and oxygen atoms in total. The summed E-state index contributed by atoms with van der Waals surface area (Å²) in [6.45, 7) is 4.82. The van der Waals surface area contributed by atoms with E-state index in [1.807, 2.05) is 0 Å². The minimum absolute atomic E-state index is 0.0309. The number of nitrogens with one attached hydrogen (secondary N) is 1. The molecular formula is C14H21N3O2S. The molecule has 110 valence electrons. The second-order valence-corrected chi connectivity index (χ2v) is 7.57. The molecule has 1 aromatic rings. The number of aryl methyl sites for hydroxylation is 1. The van der Waals surface area contributed by atoms with Crippen LogP contribution in [0.15, 0.2) is 23.1 Å². The van der Waals surface area contributed by atoms with E-state index in [1.165, 1.54) is 0 Å². The fraction of sp³-hybridized carbons (Fsp3) is 0.571.